The van der Waals surface area contributed by atoms with Gasteiger partial charge in [0.15, 0.2) is 0 Å². The number of benzene rings is 9. The lowest BCUT2D eigenvalue weighted by Crippen LogP contribution is -2.15. The van der Waals surface area contributed by atoms with Gasteiger partial charge in [-0.3, -0.25) is 0 Å². The van der Waals surface area contributed by atoms with Crippen molar-refractivity contribution in [2.45, 2.75) is 19.3 Å². The van der Waals surface area contributed by atoms with Crippen molar-refractivity contribution >= 4 is 85.8 Å². The zero-order chi connectivity index (χ0) is 35.0. The molecule has 0 amide bonds. The van der Waals surface area contributed by atoms with Crippen molar-refractivity contribution in [3.8, 4) is 33.4 Å². The highest BCUT2D eigenvalue weighted by atomic mass is 32.1. The molecule has 11 aromatic rings. The van der Waals surface area contributed by atoms with Crippen molar-refractivity contribution in [3.63, 3.8) is 0 Å². The highest BCUT2D eigenvalue weighted by Gasteiger charge is 2.37. The molecule has 9 aromatic carbocycles. The number of thiophene rings is 1. The third-order valence-corrected chi connectivity index (χ3v) is 13.2. The summed E-state index contributed by atoms with van der Waals surface area (Å²) in [5.41, 5.74) is 12.2. The maximum absolute atomic E-state index is 6.66. The molecule has 1 nitrogen and oxygen atoms in total. The van der Waals surface area contributed by atoms with Gasteiger partial charge in [-0.15, -0.1) is 11.3 Å². The molecule has 0 aliphatic heterocycles. The SMILES string of the molecule is CC1(C)c2cc(-c3c4ccccc4c(-c4cccc5sc6ccccc6c45)c4ccccc34)ccc2-c2c1ccc1ccc3c4ccccc4oc3c21. The fourth-order valence-electron chi connectivity index (χ4n) is 9.69. The van der Waals surface area contributed by atoms with Crippen molar-refractivity contribution in [1.29, 1.82) is 0 Å². The zero-order valence-electron chi connectivity index (χ0n) is 29.3. The summed E-state index contributed by atoms with van der Waals surface area (Å²) in [7, 11) is 0. The molecule has 2 heterocycles. The normalized spacial score (nSPS) is 13.6. The van der Waals surface area contributed by atoms with E-state index in [1.54, 1.807) is 0 Å². The third-order valence-electron chi connectivity index (χ3n) is 12.1. The molecule has 12 rings (SSSR count). The molecule has 1 aliphatic rings. The van der Waals surface area contributed by atoms with Gasteiger partial charge in [0.05, 0.1) is 0 Å². The Hall–Kier alpha value is -6.22. The van der Waals surface area contributed by atoms with Crippen LogP contribution in [0, 0.1) is 0 Å². The zero-order valence-corrected chi connectivity index (χ0v) is 30.1. The predicted octanol–water partition coefficient (Wildman–Crippen LogP) is 15.1. The number of para-hydroxylation sites is 1. The largest absolute Gasteiger partial charge is 0.455 e. The first-order valence-corrected chi connectivity index (χ1v) is 19.2. The van der Waals surface area contributed by atoms with Crippen molar-refractivity contribution in [3.05, 3.63) is 169 Å². The topological polar surface area (TPSA) is 13.1 Å². The second-order valence-corrected chi connectivity index (χ2v) is 16.2. The molecule has 0 saturated heterocycles. The molecular weight excluding hydrogens is 661 g/mol. The van der Waals surface area contributed by atoms with E-state index in [0.717, 1.165) is 11.2 Å². The van der Waals surface area contributed by atoms with Crippen LogP contribution in [-0.4, -0.2) is 0 Å². The summed E-state index contributed by atoms with van der Waals surface area (Å²) in [6.07, 6.45) is 0. The van der Waals surface area contributed by atoms with E-state index in [1.165, 1.54) is 108 Å². The van der Waals surface area contributed by atoms with Crippen LogP contribution in [0.15, 0.2) is 162 Å². The minimum absolute atomic E-state index is 0.190. The van der Waals surface area contributed by atoms with Gasteiger partial charge in [-0.25, -0.2) is 0 Å². The van der Waals surface area contributed by atoms with Crippen LogP contribution < -0.4 is 0 Å². The molecule has 0 spiro atoms. The fraction of sp³-hybridized carbons (Fsp3) is 0.0588. The van der Waals surface area contributed by atoms with Gasteiger partial charge in [0.1, 0.15) is 11.2 Å². The Morgan fingerprint density at radius 2 is 1.08 bits per heavy atom. The van der Waals surface area contributed by atoms with E-state index in [4.69, 9.17) is 4.42 Å². The quantitative estimate of drug-likeness (QED) is 0.164. The molecule has 0 saturated carbocycles. The first-order valence-electron chi connectivity index (χ1n) is 18.4. The molecule has 0 radical (unpaired) electrons. The van der Waals surface area contributed by atoms with Crippen molar-refractivity contribution in [1.82, 2.24) is 0 Å². The minimum Gasteiger partial charge on any atom is -0.455 e. The molecule has 53 heavy (non-hydrogen) atoms. The fourth-order valence-corrected chi connectivity index (χ4v) is 10.8. The Balaban J connectivity index is 1.14. The van der Waals surface area contributed by atoms with Gasteiger partial charge in [-0.2, -0.15) is 0 Å². The van der Waals surface area contributed by atoms with Gasteiger partial charge in [0.2, 0.25) is 0 Å². The van der Waals surface area contributed by atoms with Crippen molar-refractivity contribution in [2.75, 3.05) is 0 Å². The predicted molar refractivity (Wildman–Crippen MR) is 228 cm³/mol. The molecule has 1 aliphatic carbocycles. The lowest BCUT2D eigenvalue weighted by Gasteiger charge is -2.23. The Kier molecular flexibility index (Phi) is 5.78. The summed E-state index contributed by atoms with van der Waals surface area (Å²) < 4.78 is 9.31. The number of fused-ring (bicyclic) bond motifs is 14. The van der Waals surface area contributed by atoms with Gasteiger partial charge in [0, 0.05) is 41.7 Å². The Labute approximate surface area is 310 Å². The van der Waals surface area contributed by atoms with Gasteiger partial charge in [0.25, 0.3) is 0 Å². The van der Waals surface area contributed by atoms with Crippen LogP contribution in [0.1, 0.15) is 25.0 Å². The van der Waals surface area contributed by atoms with E-state index in [1.807, 2.05) is 11.3 Å². The minimum atomic E-state index is -0.190. The molecule has 2 heteroatoms. The Morgan fingerprint density at radius 1 is 0.434 bits per heavy atom. The Morgan fingerprint density at radius 3 is 1.85 bits per heavy atom. The maximum Gasteiger partial charge on any atom is 0.143 e. The molecule has 0 atom stereocenters. The van der Waals surface area contributed by atoms with Gasteiger partial charge < -0.3 is 4.42 Å². The van der Waals surface area contributed by atoms with Gasteiger partial charge in [-0.05, 0) is 102 Å². The van der Waals surface area contributed by atoms with Crippen LogP contribution in [-0.2, 0) is 5.41 Å². The van der Waals surface area contributed by atoms with E-state index in [9.17, 15) is 0 Å². The van der Waals surface area contributed by atoms with E-state index in [0.29, 0.717) is 0 Å². The van der Waals surface area contributed by atoms with E-state index < -0.39 is 0 Å². The van der Waals surface area contributed by atoms with Crippen molar-refractivity contribution < 1.29 is 4.42 Å². The summed E-state index contributed by atoms with van der Waals surface area (Å²) in [6.45, 7) is 4.77. The van der Waals surface area contributed by atoms with Crippen molar-refractivity contribution in [2.24, 2.45) is 0 Å². The van der Waals surface area contributed by atoms with Gasteiger partial charge >= 0.3 is 0 Å². The summed E-state index contributed by atoms with van der Waals surface area (Å²) in [5.74, 6) is 0. The molecule has 248 valence electrons. The highest BCUT2D eigenvalue weighted by Crippen LogP contribution is 2.55. The van der Waals surface area contributed by atoms with Crippen LogP contribution in [0.25, 0.3) is 108 Å². The molecular formula is C51H32OS. The van der Waals surface area contributed by atoms with Crippen LogP contribution in [0.4, 0.5) is 0 Å². The molecule has 0 bridgehead atoms. The van der Waals surface area contributed by atoms with E-state index in [-0.39, 0.29) is 5.41 Å². The molecule has 0 N–H and O–H groups in total. The number of hydrogen-bond acceptors (Lipinski definition) is 2. The van der Waals surface area contributed by atoms with Gasteiger partial charge in [-0.1, -0.05) is 141 Å². The van der Waals surface area contributed by atoms with Crippen LogP contribution in [0.3, 0.4) is 0 Å². The van der Waals surface area contributed by atoms with E-state index >= 15 is 0 Å². The summed E-state index contributed by atoms with van der Waals surface area (Å²) in [4.78, 5) is 0. The molecule has 2 aromatic heterocycles. The average Bonchev–Trinajstić information content (AvgIpc) is 3.84. The Bertz CT molecular complexity index is 3320. The summed E-state index contributed by atoms with van der Waals surface area (Å²) >= 11 is 1.88. The first-order chi connectivity index (χ1) is 26.1. The second-order valence-electron chi connectivity index (χ2n) is 15.1. The number of hydrogen-bond donors (Lipinski definition) is 0. The number of rotatable bonds is 2. The first kappa shape index (κ1) is 29.4. The van der Waals surface area contributed by atoms with Crippen LogP contribution >= 0.6 is 11.3 Å². The van der Waals surface area contributed by atoms with Crippen LogP contribution in [0.2, 0.25) is 0 Å². The van der Waals surface area contributed by atoms with E-state index in [2.05, 4.69) is 172 Å². The second kappa shape index (κ2) is 10.4. The monoisotopic (exact) mass is 692 g/mol. The molecule has 0 unspecified atom stereocenters. The summed E-state index contributed by atoms with van der Waals surface area (Å²) in [6, 6.07) is 58.5. The average molecular weight is 693 g/mol. The lowest BCUT2D eigenvalue weighted by molar-refractivity contribution is 0.660. The smallest absolute Gasteiger partial charge is 0.143 e. The summed E-state index contributed by atoms with van der Waals surface area (Å²) in [5, 5.41) is 12.6. The maximum atomic E-state index is 6.66. The van der Waals surface area contributed by atoms with Crippen LogP contribution in [0.5, 0.6) is 0 Å². The highest BCUT2D eigenvalue weighted by molar-refractivity contribution is 7.26. The number of furan rings is 1. The third kappa shape index (κ3) is 3.86. The lowest BCUT2D eigenvalue weighted by atomic mass is 9.80. The molecule has 0 fully saturated rings. The standard InChI is InChI=1S/C51H32OS/c1-51(2)40-27-24-29-22-25-36-31-12-7-9-19-42(31)52-50(36)46(29)49(40)37-26-23-30(28-41(37)51)45-32-13-3-5-15-34(32)47(35-16-6-4-14-33(35)45)39-18-11-21-44-48(39)38-17-8-10-20-43(38)53-44/h3-28H,1-2H3.